The zero-order chi connectivity index (χ0) is 12.4. The van der Waals surface area contributed by atoms with Crippen LogP contribution in [-0.4, -0.2) is 28.2 Å². The topological polar surface area (TPSA) is 57.5 Å². The van der Waals surface area contributed by atoms with E-state index in [0.29, 0.717) is 12.8 Å². The first-order valence-electron chi connectivity index (χ1n) is 6.47. The van der Waals surface area contributed by atoms with E-state index >= 15 is 0 Å². The third kappa shape index (κ3) is 5.61. The molecule has 1 atom stereocenters. The van der Waals surface area contributed by atoms with Gasteiger partial charge in [0, 0.05) is 6.42 Å². The summed E-state index contributed by atoms with van der Waals surface area (Å²) in [5.41, 5.74) is -1.48. The second kappa shape index (κ2) is 8.71. The number of carbonyl (C=O) groups is 1. The first-order chi connectivity index (χ1) is 7.60. The number of Topliss-reactive ketones (excluding diaryl/α,β-unsaturated/α-hetero) is 1. The minimum absolute atomic E-state index is 0.195. The first-order valence-corrected chi connectivity index (χ1v) is 6.47. The van der Waals surface area contributed by atoms with Gasteiger partial charge in [0.15, 0.2) is 5.78 Å². The van der Waals surface area contributed by atoms with Gasteiger partial charge < -0.3 is 10.2 Å². The molecule has 0 fully saturated rings. The Balaban J connectivity index is 4.04. The molecule has 2 N–H and O–H groups in total. The number of aliphatic hydroxyl groups is 2. The highest BCUT2D eigenvalue weighted by molar-refractivity contribution is 5.87. The van der Waals surface area contributed by atoms with Gasteiger partial charge >= 0.3 is 0 Å². The van der Waals surface area contributed by atoms with E-state index in [-0.39, 0.29) is 5.78 Å². The summed E-state index contributed by atoms with van der Waals surface area (Å²) >= 11 is 0. The number of hydrogen-bond acceptors (Lipinski definition) is 3. The van der Waals surface area contributed by atoms with Crippen molar-refractivity contribution in [3.05, 3.63) is 0 Å². The molecule has 0 saturated carbocycles. The fourth-order valence-electron chi connectivity index (χ4n) is 1.74. The summed E-state index contributed by atoms with van der Waals surface area (Å²) in [5, 5.41) is 19.2. The molecule has 0 spiro atoms. The Morgan fingerprint density at radius 3 is 2.12 bits per heavy atom. The molecule has 3 heteroatoms. The van der Waals surface area contributed by atoms with Gasteiger partial charge in [0.1, 0.15) is 5.60 Å². The number of hydrogen-bond donors (Lipinski definition) is 2. The van der Waals surface area contributed by atoms with E-state index in [9.17, 15) is 9.90 Å². The third-order valence-electron chi connectivity index (χ3n) is 2.98. The van der Waals surface area contributed by atoms with Crippen molar-refractivity contribution < 1.29 is 15.0 Å². The van der Waals surface area contributed by atoms with Crippen molar-refractivity contribution in [2.45, 2.75) is 70.8 Å². The largest absolute Gasteiger partial charge is 0.393 e. The van der Waals surface area contributed by atoms with Crippen LogP contribution >= 0.6 is 0 Å². The molecule has 0 rings (SSSR count). The summed E-state index contributed by atoms with van der Waals surface area (Å²) in [7, 11) is 0. The molecule has 0 saturated heterocycles. The van der Waals surface area contributed by atoms with Crippen LogP contribution in [-0.2, 0) is 4.79 Å². The molecule has 0 aliphatic carbocycles. The highest BCUT2D eigenvalue weighted by atomic mass is 16.3. The molecule has 0 heterocycles. The monoisotopic (exact) mass is 230 g/mol. The minimum Gasteiger partial charge on any atom is -0.393 e. The van der Waals surface area contributed by atoms with E-state index in [1.54, 1.807) is 0 Å². The standard InChI is InChI=1S/C13H26O3/c1-3-5-7-9-12(15)13(16,11-14)10-8-6-4-2/h14,16H,3-11H2,1-2H3. The smallest absolute Gasteiger partial charge is 0.166 e. The second-order valence-electron chi connectivity index (χ2n) is 4.53. The normalized spacial score (nSPS) is 14.8. The average molecular weight is 230 g/mol. The van der Waals surface area contributed by atoms with E-state index in [0.717, 1.165) is 38.5 Å². The maximum Gasteiger partial charge on any atom is 0.166 e. The van der Waals surface area contributed by atoms with Crippen LogP contribution in [0.1, 0.15) is 65.2 Å². The van der Waals surface area contributed by atoms with E-state index < -0.39 is 12.2 Å². The van der Waals surface area contributed by atoms with Crippen molar-refractivity contribution in [1.29, 1.82) is 0 Å². The molecule has 16 heavy (non-hydrogen) atoms. The lowest BCUT2D eigenvalue weighted by molar-refractivity contribution is -0.142. The van der Waals surface area contributed by atoms with Crippen LogP contribution in [0.25, 0.3) is 0 Å². The number of unbranched alkanes of at least 4 members (excludes halogenated alkanes) is 4. The quantitative estimate of drug-likeness (QED) is 0.567. The summed E-state index contributed by atoms with van der Waals surface area (Å²) in [6.45, 7) is 3.70. The van der Waals surface area contributed by atoms with Crippen LogP contribution < -0.4 is 0 Å². The molecule has 96 valence electrons. The highest BCUT2D eigenvalue weighted by Gasteiger charge is 2.33. The predicted molar refractivity (Wildman–Crippen MR) is 65.3 cm³/mol. The molecule has 0 aliphatic rings. The Hall–Kier alpha value is -0.410. The summed E-state index contributed by atoms with van der Waals surface area (Å²) in [5.74, 6) is -0.195. The molecule has 3 nitrogen and oxygen atoms in total. The van der Waals surface area contributed by atoms with Gasteiger partial charge in [-0.05, 0) is 12.8 Å². The Morgan fingerprint density at radius 2 is 1.62 bits per heavy atom. The lowest BCUT2D eigenvalue weighted by Gasteiger charge is -2.24. The lowest BCUT2D eigenvalue weighted by Crippen LogP contribution is -2.42. The van der Waals surface area contributed by atoms with Gasteiger partial charge in [-0.15, -0.1) is 0 Å². The number of ketones is 1. The molecule has 0 aromatic rings. The first kappa shape index (κ1) is 15.6. The van der Waals surface area contributed by atoms with Crippen LogP contribution in [0.2, 0.25) is 0 Å². The van der Waals surface area contributed by atoms with Crippen LogP contribution in [0.4, 0.5) is 0 Å². The lowest BCUT2D eigenvalue weighted by atomic mass is 9.89. The summed E-state index contributed by atoms with van der Waals surface area (Å²) in [4.78, 5) is 11.8. The van der Waals surface area contributed by atoms with Crippen molar-refractivity contribution in [1.82, 2.24) is 0 Å². The van der Waals surface area contributed by atoms with E-state index in [4.69, 9.17) is 5.11 Å². The maximum atomic E-state index is 11.8. The zero-order valence-electron chi connectivity index (χ0n) is 10.7. The highest BCUT2D eigenvalue weighted by Crippen LogP contribution is 2.19. The van der Waals surface area contributed by atoms with Crippen molar-refractivity contribution in [2.75, 3.05) is 6.61 Å². The van der Waals surface area contributed by atoms with Crippen LogP contribution in [0.3, 0.4) is 0 Å². The maximum absolute atomic E-state index is 11.8. The van der Waals surface area contributed by atoms with Gasteiger partial charge in [-0.3, -0.25) is 4.79 Å². The van der Waals surface area contributed by atoms with Crippen molar-refractivity contribution in [3.8, 4) is 0 Å². The molecule has 0 radical (unpaired) electrons. The summed E-state index contributed by atoms with van der Waals surface area (Å²) < 4.78 is 0. The Morgan fingerprint density at radius 1 is 1.06 bits per heavy atom. The number of rotatable bonds is 10. The molecule has 0 aromatic heterocycles. The fraction of sp³-hybridized carbons (Fsp3) is 0.923. The Kier molecular flexibility index (Phi) is 8.49. The van der Waals surface area contributed by atoms with E-state index in [1.807, 2.05) is 0 Å². The predicted octanol–water partition coefficient (Wildman–Crippen LogP) is 2.44. The van der Waals surface area contributed by atoms with Crippen LogP contribution in [0.15, 0.2) is 0 Å². The van der Waals surface area contributed by atoms with Gasteiger partial charge in [-0.2, -0.15) is 0 Å². The average Bonchev–Trinajstić information content (AvgIpc) is 2.29. The SMILES string of the molecule is CCCCCC(=O)C(O)(CO)CCCCC. The van der Waals surface area contributed by atoms with Crippen LogP contribution in [0, 0.1) is 0 Å². The second-order valence-corrected chi connectivity index (χ2v) is 4.53. The van der Waals surface area contributed by atoms with E-state index in [2.05, 4.69) is 13.8 Å². The van der Waals surface area contributed by atoms with Crippen molar-refractivity contribution in [2.24, 2.45) is 0 Å². The molecule has 0 amide bonds. The van der Waals surface area contributed by atoms with E-state index in [1.165, 1.54) is 0 Å². The Labute approximate surface area is 98.9 Å². The summed E-state index contributed by atoms with van der Waals surface area (Å²) in [6.07, 6.45) is 6.48. The van der Waals surface area contributed by atoms with Crippen molar-refractivity contribution in [3.63, 3.8) is 0 Å². The summed E-state index contributed by atoms with van der Waals surface area (Å²) in [6, 6.07) is 0. The Bertz CT molecular complexity index is 192. The van der Waals surface area contributed by atoms with Gasteiger partial charge in [-0.25, -0.2) is 0 Å². The zero-order valence-corrected chi connectivity index (χ0v) is 10.7. The number of carbonyl (C=O) groups excluding carboxylic acids is 1. The molecular weight excluding hydrogens is 204 g/mol. The molecular formula is C13H26O3. The molecule has 0 aromatic carbocycles. The molecule has 1 unspecified atom stereocenters. The van der Waals surface area contributed by atoms with Crippen molar-refractivity contribution >= 4 is 5.78 Å². The fourth-order valence-corrected chi connectivity index (χ4v) is 1.74. The number of aliphatic hydroxyl groups excluding tert-OH is 1. The van der Waals surface area contributed by atoms with Gasteiger partial charge in [0.25, 0.3) is 0 Å². The molecule has 0 bridgehead atoms. The van der Waals surface area contributed by atoms with Crippen LogP contribution in [0.5, 0.6) is 0 Å². The van der Waals surface area contributed by atoms with Gasteiger partial charge in [0.05, 0.1) is 6.61 Å². The molecule has 0 aliphatic heterocycles. The van der Waals surface area contributed by atoms with Gasteiger partial charge in [0.2, 0.25) is 0 Å². The minimum atomic E-state index is -1.48. The van der Waals surface area contributed by atoms with Gasteiger partial charge in [-0.1, -0.05) is 46.0 Å². The third-order valence-corrected chi connectivity index (χ3v) is 2.98.